The monoisotopic (exact) mass is 538 g/mol. The smallest absolute Gasteiger partial charge is 0.418 e. The number of anilines is 1. The number of amides is 1. The number of nitrogens with zero attached hydrogens (tertiary/aromatic N) is 4. The Morgan fingerprint density at radius 3 is 2.49 bits per heavy atom. The Hall–Kier alpha value is -2.86. The lowest BCUT2D eigenvalue weighted by Gasteiger charge is -2.40. The van der Waals surface area contributed by atoms with Crippen molar-refractivity contribution in [2.45, 2.75) is 70.5 Å². The molecule has 1 aromatic carbocycles. The molecule has 2 bridgehead atoms. The van der Waals surface area contributed by atoms with Crippen LogP contribution in [0.25, 0.3) is 21.7 Å². The predicted molar refractivity (Wildman–Crippen MR) is 133 cm³/mol. The second-order valence-electron chi connectivity index (χ2n) is 10.3. The molecule has 0 aliphatic carbocycles. The number of hydrogen-bond acceptors (Lipinski definition) is 8. The van der Waals surface area contributed by atoms with Crippen LogP contribution in [0, 0.1) is 0 Å². The van der Waals surface area contributed by atoms with Crippen molar-refractivity contribution < 1.29 is 31.9 Å². The maximum absolute atomic E-state index is 13.9. The number of thiazole rings is 1. The summed E-state index contributed by atoms with van der Waals surface area (Å²) < 4.78 is 58.7. The van der Waals surface area contributed by atoms with Crippen molar-refractivity contribution in [2.24, 2.45) is 0 Å². The zero-order valence-corrected chi connectivity index (χ0v) is 21.9. The molecule has 0 radical (unpaired) electrons. The van der Waals surface area contributed by atoms with Crippen LogP contribution in [0.3, 0.4) is 0 Å². The van der Waals surface area contributed by atoms with Crippen LogP contribution in [0.15, 0.2) is 28.1 Å². The minimum atomic E-state index is -4.62. The zero-order chi connectivity index (χ0) is 26.5. The summed E-state index contributed by atoms with van der Waals surface area (Å²) in [4.78, 5) is 25.4. The van der Waals surface area contributed by atoms with E-state index in [4.69, 9.17) is 13.9 Å². The third-order valence-electron chi connectivity index (χ3n) is 6.50. The Balaban J connectivity index is 1.52. The van der Waals surface area contributed by atoms with E-state index in [9.17, 15) is 18.0 Å². The number of halogens is 3. The Morgan fingerprint density at radius 2 is 1.92 bits per heavy atom. The van der Waals surface area contributed by atoms with Crippen molar-refractivity contribution in [3.63, 3.8) is 0 Å². The van der Waals surface area contributed by atoms with Crippen molar-refractivity contribution in [1.82, 2.24) is 14.9 Å². The molecule has 1 amide bonds. The number of benzene rings is 1. The number of aromatic nitrogens is 2. The maximum atomic E-state index is 13.9. The Labute approximate surface area is 216 Å². The third-order valence-corrected chi connectivity index (χ3v) is 7.30. The highest BCUT2D eigenvalue weighted by atomic mass is 32.1. The van der Waals surface area contributed by atoms with Gasteiger partial charge in [0.25, 0.3) is 6.01 Å². The molecule has 2 aromatic heterocycles. The molecule has 200 valence electrons. The molecular formula is C25H29F3N4O4S. The lowest BCUT2D eigenvalue weighted by Crippen LogP contribution is -2.56. The number of ether oxygens (including phenoxy) is 2. The molecular weight excluding hydrogens is 509 g/mol. The molecule has 5 rings (SSSR count). The van der Waals surface area contributed by atoms with E-state index in [-0.39, 0.29) is 47.5 Å². The number of piperazine rings is 1. The van der Waals surface area contributed by atoms with E-state index in [0.29, 0.717) is 23.7 Å². The number of fused-ring (bicyclic) bond motifs is 3. The van der Waals surface area contributed by atoms with Gasteiger partial charge in [-0.05, 0) is 46.6 Å². The molecule has 0 saturated carbocycles. The molecule has 3 atom stereocenters. The first-order chi connectivity index (χ1) is 17.5. The average molecular weight is 539 g/mol. The second-order valence-corrected chi connectivity index (χ2v) is 11.2. The first-order valence-electron chi connectivity index (χ1n) is 12.2. The van der Waals surface area contributed by atoms with Crippen molar-refractivity contribution in [3.8, 4) is 10.6 Å². The summed E-state index contributed by atoms with van der Waals surface area (Å²) in [7, 11) is 0. The van der Waals surface area contributed by atoms with Gasteiger partial charge in [-0.15, -0.1) is 11.3 Å². The fourth-order valence-electron chi connectivity index (χ4n) is 5.09. The van der Waals surface area contributed by atoms with Crippen LogP contribution >= 0.6 is 11.3 Å². The standard InChI is InChI=1S/C25H29F3N4O4S/c1-5-34-20(25(26,27)28)16-8-9-17(21-29-10-11-37-21)19-18(16)30-22(35-19)31-12-14-6-7-15(13-31)32(14)23(33)36-24(2,3)4/h8-11,14-15,20H,5-7,12-13H2,1-4H3. The molecule has 8 nitrogen and oxygen atoms in total. The van der Waals surface area contributed by atoms with Gasteiger partial charge in [0.1, 0.15) is 16.1 Å². The first kappa shape index (κ1) is 25.8. The molecule has 2 aliphatic rings. The van der Waals surface area contributed by atoms with Gasteiger partial charge in [0.15, 0.2) is 11.7 Å². The second kappa shape index (κ2) is 9.46. The van der Waals surface area contributed by atoms with Crippen molar-refractivity contribution in [2.75, 3.05) is 24.6 Å². The average Bonchev–Trinajstić information content (AvgIpc) is 3.53. The summed E-state index contributed by atoms with van der Waals surface area (Å²) >= 11 is 1.36. The number of alkyl halides is 3. The Morgan fingerprint density at radius 1 is 1.22 bits per heavy atom. The molecule has 12 heteroatoms. The summed E-state index contributed by atoms with van der Waals surface area (Å²) in [5.74, 6) is 0. The molecule has 4 heterocycles. The lowest BCUT2D eigenvalue weighted by atomic mass is 10.0. The maximum Gasteiger partial charge on any atom is 0.418 e. The lowest BCUT2D eigenvalue weighted by molar-refractivity contribution is -0.222. The van der Waals surface area contributed by atoms with Gasteiger partial charge in [0, 0.05) is 36.8 Å². The highest BCUT2D eigenvalue weighted by Crippen LogP contribution is 2.43. The SMILES string of the molecule is CCOC(c1ccc(-c2nccs2)c2oc(N3CC4CCC(C3)N4C(=O)OC(C)(C)C)nc12)C(F)(F)F. The van der Waals surface area contributed by atoms with E-state index in [2.05, 4.69) is 9.97 Å². The van der Waals surface area contributed by atoms with Gasteiger partial charge in [-0.3, -0.25) is 4.90 Å². The number of oxazole rings is 1. The van der Waals surface area contributed by atoms with Crippen LogP contribution in [-0.4, -0.2) is 64.5 Å². The van der Waals surface area contributed by atoms with Crippen LogP contribution in [0.4, 0.5) is 24.0 Å². The van der Waals surface area contributed by atoms with Crippen LogP contribution in [0.1, 0.15) is 52.2 Å². The van der Waals surface area contributed by atoms with E-state index in [1.54, 1.807) is 22.5 Å². The molecule has 37 heavy (non-hydrogen) atoms. The minimum Gasteiger partial charge on any atom is -0.444 e. The molecule has 2 saturated heterocycles. The molecule has 2 aliphatic heterocycles. The summed E-state index contributed by atoms with van der Waals surface area (Å²) in [6.45, 7) is 7.78. The quantitative estimate of drug-likeness (QED) is 0.384. The number of rotatable bonds is 5. The number of carbonyl (C=O) groups is 1. The summed E-state index contributed by atoms with van der Waals surface area (Å²) in [5, 5.41) is 2.41. The largest absolute Gasteiger partial charge is 0.444 e. The first-order valence-corrected chi connectivity index (χ1v) is 13.1. The van der Waals surface area contributed by atoms with E-state index in [0.717, 1.165) is 12.8 Å². The predicted octanol–water partition coefficient (Wildman–Crippen LogP) is 6.18. The molecule has 2 fully saturated rings. The Kier molecular flexibility index (Phi) is 6.59. The van der Waals surface area contributed by atoms with E-state index < -0.39 is 17.9 Å². The van der Waals surface area contributed by atoms with Crippen molar-refractivity contribution in [1.29, 1.82) is 0 Å². The third kappa shape index (κ3) is 5.00. The number of hydrogen-bond donors (Lipinski definition) is 0. The van der Waals surface area contributed by atoms with Gasteiger partial charge in [-0.25, -0.2) is 9.78 Å². The molecule has 0 spiro atoms. The summed E-state index contributed by atoms with van der Waals surface area (Å²) in [6.07, 6.45) is -3.88. The summed E-state index contributed by atoms with van der Waals surface area (Å²) in [6, 6.07) is 2.98. The minimum absolute atomic E-state index is 0.0976. The highest BCUT2D eigenvalue weighted by Gasteiger charge is 2.46. The van der Waals surface area contributed by atoms with Gasteiger partial charge in [-0.1, -0.05) is 6.07 Å². The topological polar surface area (TPSA) is 80.9 Å². The van der Waals surface area contributed by atoms with Gasteiger partial charge >= 0.3 is 12.3 Å². The Bertz CT molecular complexity index is 1260. The van der Waals surface area contributed by atoms with Crippen molar-refractivity contribution >= 4 is 34.5 Å². The van der Waals surface area contributed by atoms with Crippen LogP contribution in [0.2, 0.25) is 0 Å². The zero-order valence-electron chi connectivity index (χ0n) is 21.0. The van der Waals surface area contributed by atoms with Gasteiger partial charge < -0.3 is 18.8 Å². The van der Waals surface area contributed by atoms with Gasteiger partial charge in [0.2, 0.25) is 0 Å². The molecule has 0 N–H and O–H groups in total. The fraction of sp³-hybridized carbons (Fsp3) is 0.560. The van der Waals surface area contributed by atoms with E-state index in [1.165, 1.54) is 24.3 Å². The van der Waals surface area contributed by atoms with Crippen LogP contribution in [-0.2, 0) is 9.47 Å². The van der Waals surface area contributed by atoms with Crippen molar-refractivity contribution in [3.05, 3.63) is 29.3 Å². The van der Waals surface area contributed by atoms with Crippen LogP contribution in [0.5, 0.6) is 0 Å². The van der Waals surface area contributed by atoms with E-state index in [1.807, 2.05) is 25.7 Å². The normalized spacial score (nSPS) is 21.1. The molecule has 3 aromatic rings. The van der Waals surface area contributed by atoms with Crippen LogP contribution < -0.4 is 4.90 Å². The number of carbonyl (C=O) groups excluding carboxylic acids is 1. The summed E-state index contributed by atoms with van der Waals surface area (Å²) in [5.41, 5.74) is 0.195. The van der Waals surface area contributed by atoms with Gasteiger partial charge in [0.05, 0.1) is 17.6 Å². The van der Waals surface area contributed by atoms with Gasteiger partial charge in [-0.2, -0.15) is 18.2 Å². The van der Waals surface area contributed by atoms with E-state index >= 15 is 0 Å². The highest BCUT2D eigenvalue weighted by molar-refractivity contribution is 7.13. The molecule has 3 unspecified atom stereocenters. The fourth-order valence-corrected chi connectivity index (χ4v) is 5.75.